The number of rotatable bonds is 0. The van der Waals surface area contributed by atoms with Gasteiger partial charge in [-0.15, -0.1) is 0 Å². The summed E-state index contributed by atoms with van der Waals surface area (Å²) in [6.45, 7) is 1.15. The average molecular weight is 132 g/mol. The highest BCUT2D eigenvalue weighted by Gasteiger charge is 2.13. The Kier molecular flexibility index (Phi) is 1.16. The maximum absolute atomic E-state index is 3.24. The van der Waals surface area contributed by atoms with E-state index in [1.807, 2.05) is 12.1 Å². The van der Waals surface area contributed by atoms with Crippen molar-refractivity contribution in [1.29, 1.82) is 0 Å². The molecule has 1 nitrogen and oxygen atoms in total. The first-order valence-electron chi connectivity index (χ1n) is 3.58. The van der Waals surface area contributed by atoms with E-state index in [0.717, 1.165) is 13.0 Å². The number of hydrogen-bond donors (Lipinski definition) is 0. The summed E-state index contributed by atoms with van der Waals surface area (Å²) < 4.78 is 0. The van der Waals surface area contributed by atoms with Crippen molar-refractivity contribution in [2.75, 3.05) is 18.5 Å². The Labute approximate surface area is 61.3 Å². The lowest BCUT2D eigenvalue weighted by Gasteiger charge is -2.10. The van der Waals surface area contributed by atoms with Crippen molar-refractivity contribution in [3.05, 3.63) is 29.8 Å². The minimum Gasteiger partial charge on any atom is -0.374 e. The molecule has 0 fully saturated rings. The fourth-order valence-electron chi connectivity index (χ4n) is 1.42. The van der Waals surface area contributed by atoms with Crippen LogP contribution in [0.15, 0.2) is 18.2 Å². The molecule has 1 aromatic carbocycles. The van der Waals surface area contributed by atoms with E-state index in [9.17, 15) is 0 Å². The summed E-state index contributed by atoms with van der Waals surface area (Å²) >= 11 is 0. The van der Waals surface area contributed by atoms with Gasteiger partial charge in [0.15, 0.2) is 0 Å². The Balaban J connectivity index is 2.51. The SMILES string of the molecule is CN1CCc2[c]cccc21. The molecule has 1 radical (unpaired) electrons. The molecule has 51 valence electrons. The minimum atomic E-state index is 1.15. The molecule has 1 heterocycles. The lowest BCUT2D eigenvalue weighted by atomic mass is 10.2. The Morgan fingerprint density at radius 2 is 2.50 bits per heavy atom. The van der Waals surface area contributed by atoms with Crippen LogP contribution in [0.3, 0.4) is 0 Å². The van der Waals surface area contributed by atoms with Crippen LogP contribution in [-0.2, 0) is 6.42 Å². The lowest BCUT2D eigenvalue weighted by molar-refractivity contribution is 0.956. The third-order valence-electron chi connectivity index (χ3n) is 2.03. The molecule has 2 rings (SSSR count). The molecule has 1 aliphatic rings. The van der Waals surface area contributed by atoms with Crippen molar-refractivity contribution in [3.63, 3.8) is 0 Å². The highest BCUT2D eigenvalue weighted by Crippen LogP contribution is 2.24. The van der Waals surface area contributed by atoms with E-state index in [1.54, 1.807) is 0 Å². The fraction of sp³-hybridized carbons (Fsp3) is 0.333. The summed E-state index contributed by atoms with van der Waals surface area (Å²) in [7, 11) is 2.12. The van der Waals surface area contributed by atoms with E-state index in [0.29, 0.717) is 0 Å². The van der Waals surface area contributed by atoms with Crippen molar-refractivity contribution >= 4 is 5.69 Å². The normalized spacial score (nSPS) is 15.5. The van der Waals surface area contributed by atoms with Gasteiger partial charge >= 0.3 is 0 Å². The monoisotopic (exact) mass is 132 g/mol. The third-order valence-corrected chi connectivity index (χ3v) is 2.03. The predicted molar refractivity (Wildman–Crippen MR) is 42.3 cm³/mol. The minimum absolute atomic E-state index is 1.15. The molecule has 0 aliphatic carbocycles. The zero-order valence-electron chi connectivity index (χ0n) is 6.09. The first-order valence-corrected chi connectivity index (χ1v) is 3.58. The first kappa shape index (κ1) is 5.78. The fourth-order valence-corrected chi connectivity index (χ4v) is 1.42. The number of nitrogens with zero attached hydrogens (tertiary/aromatic N) is 1. The molecule has 0 N–H and O–H groups in total. The van der Waals surface area contributed by atoms with Gasteiger partial charge in [-0.3, -0.25) is 0 Å². The predicted octanol–water partition coefficient (Wildman–Crippen LogP) is 1.48. The molecule has 1 aliphatic heterocycles. The molecule has 0 saturated carbocycles. The van der Waals surface area contributed by atoms with Gasteiger partial charge in [0.05, 0.1) is 0 Å². The van der Waals surface area contributed by atoms with E-state index in [1.165, 1.54) is 11.3 Å². The molecule has 0 saturated heterocycles. The summed E-state index contributed by atoms with van der Waals surface area (Å²) in [5, 5.41) is 0. The number of hydrogen-bond acceptors (Lipinski definition) is 1. The molecule has 0 unspecified atom stereocenters. The Hall–Kier alpha value is -0.980. The number of fused-ring (bicyclic) bond motifs is 1. The highest BCUT2D eigenvalue weighted by molar-refractivity contribution is 5.56. The standard InChI is InChI=1S/C9H10N/c1-10-7-6-8-4-2-3-5-9(8)10/h2-3,5H,6-7H2,1H3. The topological polar surface area (TPSA) is 3.24 Å². The van der Waals surface area contributed by atoms with E-state index < -0.39 is 0 Å². The summed E-state index contributed by atoms with van der Waals surface area (Å²) in [6.07, 6.45) is 1.16. The van der Waals surface area contributed by atoms with E-state index in [4.69, 9.17) is 0 Å². The van der Waals surface area contributed by atoms with Gasteiger partial charge < -0.3 is 4.90 Å². The van der Waals surface area contributed by atoms with Gasteiger partial charge in [-0.2, -0.15) is 0 Å². The van der Waals surface area contributed by atoms with Crippen LogP contribution in [0.5, 0.6) is 0 Å². The second-order valence-corrected chi connectivity index (χ2v) is 2.71. The Morgan fingerprint density at radius 1 is 1.60 bits per heavy atom. The number of benzene rings is 1. The van der Waals surface area contributed by atoms with E-state index in [2.05, 4.69) is 24.1 Å². The Morgan fingerprint density at radius 3 is 3.30 bits per heavy atom. The first-order chi connectivity index (χ1) is 4.88. The molecule has 1 heteroatoms. The van der Waals surface area contributed by atoms with Gasteiger partial charge in [-0.25, -0.2) is 0 Å². The van der Waals surface area contributed by atoms with Crippen molar-refractivity contribution in [2.24, 2.45) is 0 Å². The van der Waals surface area contributed by atoms with Crippen molar-refractivity contribution < 1.29 is 0 Å². The summed E-state index contributed by atoms with van der Waals surface area (Å²) in [5.41, 5.74) is 2.72. The lowest BCUT2D eigenvalue weighted by Crippen LogP contribution is -2.12. The molecule has 1 aromatic rings. The molecule has 10 heavy (non-hydrogen) atoms. The van der Waals surface area contributed by atoms with Gasteiger partial charge in [0.2, 0.25) is 0 Å². The van der Waals surface area contributed by atoms with Crippen molar-refractivity contribution in [2.45, 2.75) is 6.42 Å². The smallest absolute Gasteiger partial charge is 0.0403 e. The zero-order valence-corrected chi connectivity index (χ0v) is 6.09. The molecule has 0 bridgehead atoms. The van der Waals surface area contributed by atoms with Crippen LogP contribution in [0, 0.1) is 6.07 Å². The summed E-state index contributed by atoms with van der Waals surface area (Å²) in [4.78, 5) is 2.27. The second kappa shape index (κ2) is 2.01. The van der Waals surface area contributed by atoms with E-state index in [-0.39, 0.29) is 0 Å². The van der Waals surface area contributed by atoms with Gasteiger partial charge in [-0.05, 0) is 24.1 Å². The quantitative estimate of drug-likeness (QED) is 0.517. The number of likely N-dealkylation sites (N-methyl/N-ethyl adjacent to an activating group) is 1. The molecule has 0 aromatic heterocycles. The maximum atomic E-state index is 3.24. The second-order valence-electron chi connectivity index (χ2n) is 2.71. The molecule has 0 amide bonds. The molecular formula is C9H10N. The van der Waals surface area contributed by atoms with Crippen LogP contribution < -0.4 is 4.90 Å². The van der Waals surface area contributed by atoms with Crippen LogP contribution in [-0.4, -0.2) is 13.6 Å². The van der Waals surface area contributed by atoms with Crippen LogP contribution in [0.4, 0.5) is 5.69 Å². The number of anilines is 1. The third kappa shape index (κ3) is 0.703. The van der Waals surface area contributed by atoms with E-state index >= 15 is 0 Å². The zero-order chi connectivity index (χ0) is 6.97. The van der Waals surface area contributed by atoms with Crippen LogP contribution in [0.2, 0.25) is 0 Å². The highest BCUT2D eigenvalue weighted by atomic mass is 15.1. The molecule has 0 spiro atoms. The molecule has 0 atom stereocenters. The summed E-state index contributed by atoms with van der Waals surface area (Å²) in [6, 6.07) is 9.42. The van der Waals surface area contributed by atoms with Gasteiger partial charge in [0, 0.05) is 19.3 Å². The van der Waals surface area contributed by atoms with Gasteiger partial charge in [-0.1, -0.05) is 12.1 Å². The van der Waals surface area contributed by atoms with Crippen molar-refractivity contribution in [3.8, 4) is 0 Å². The summed E-state index contributed by atoms with van der Waals surface area (Å²) in [5.74, 6) is 0. The average Bonchev–Trinajstić information content (AvgIpc) is 2.34. The van der Waals surface area contributed by atoms with Gasteiger partial charge in [0.1, 0.15) is 0 Å². The maximum Gasteiger partial charge on any atom is 0.0403 e. The van der Waals surface area contributed by atoms with Crippen LogP contribution >= 0.6 is 0 Å². The van der Waals surface area contributed by atoms with Gasteiger partial charge in [0.25, 0.3) is 0 Å². The van der Waals surface area contributed by atoms with Crippen LogP contribution in [0.25, 0.3) is 0 Å². The largest absolute Gasteiger partial charge is 0.374 e. The van der Waals surface area contributed by atoms with Crippen molar-refractivity contribution in [1.82, 2.24) is 0 Å². The van der Waals surface area contributed by atoms with Crippen LogP contribution in [0.1, 0.15) is 5.56 Å². The molecular weight excluding hydrogens is 122 g/mol. The Bertz CT molecular complexity index is 242.